The molecule has 0 fully saturated rings. The Morgan fingerprint density at radius 2 is 1.74 bits per heavy atom. The van der Waals surface area contributed by atoms with E-state index in [0.717, 1.165) is 30.3 Å². The summed E-state index contributed by atoms with van der Waals surface area (Å²) in [6.07, 6.45) is 9.82. The molecular formula is C16H22BrFO. The average Bonchev–Trinajstić information content (AvgIpc) is 2.43. The third kappa shape index (κ3) is 8.95. The predicted molar refractivity (Wildman–Crippen MR) is 82.3 cm³/mol. The molecule has 1 rings (SSSR count). The van der Waals surface area contributed by atoms with Gasteiger partial charge in [0.25, 0.3) is 0 Å². The van der Waals surface area contributed by atoms with Gasteiger partial charge in [-0.05, 0) is 37.0 Å². The molecule has 1 aromatic rings. The summed E-state index contributed by atoms with van der Waals surface area (Å²) in [6, 6.07) is 6.61. The Hall–Kier alpha value is -0.670. The lowest BCUT2D eigenvalue weighted by Gasteiger charge is -2.01. The summed E-state index contributed by atoms with van der Waals surface area (Å²) in [5.74, 6) is -0.184. The Bertz CT molecular complexity index is 348. The minimum absolute atomic E-state index is 0.184. The van der Waals surface area contributed by atoms with Crippen LogP contribution in [0.4, 0.5) is 4.39 Å². The molecule has 0 aromatic heterocycles. The molecule has 0 bridgehead atoms. The lowest BCUT2D eigenvalue weighted by atomic mass is 10.1. The van der Waals surface area contributed by atoms with Crippen LogP contribution in [0, 0.1) is 5.82 Å². The van der Waals surface area contributed by atoms with E-state index in [1.54, 1.807) is 0 Å². The Balaban J connectivity index is 1.97. The minimum atomic E-state index is -0.184. The second-order valence-corrected chi connectivity index (χ2v) is 5.27. The van der Waals surface area contributed by atoms with Crippen molar-refractivity contribution in [2.75, 3.05) is 18.5 Å². The second-order valence-electron chi connectivity index (χ2n) is 4.48. The molecule has 0 radical (unpaired) electrons. The molecule has 0 aliphatic rings. The van der Waals surface area contributed by atoms with Crippen LogP contribution in [0.3, 0.4) is 0 Å². The fourth-order valence-electron chi connectivity index (χ4n) is 1.71. The highest BCUT2D eigenvalue weighted by atomic mass is 79.9. The molecule has 1 aromatic carbocycles. The number of hydrogen-bond acceptors (Lipinski definition) is 1. The van der Waals surface area contributed by atoms with E-state index >= 15 is 0 Å². The first-order chi connectivity index (χ1) is 9.33. The van der Waals surface area contributed by atoms with Gasteiger partial charge in [0.05, 0.1) is 6.61 Å². The maximum absolute atomic E-state index is 12.7. The predicted octanol–water partition coefficient (Wildman–Crippen LogP) is 4.90. The standard InChI is InChI=1S/C16H22BrFO/c17-12-4-1-2-5-13-19-14-6-3-7-15-8-10-16(18)11-9-15/h3,6,8-11H,1-2,4-5,7,12-14H2/b6-3+. The van der Waals surface area contributed by atoms with Gasteiger partial charge >= 0.3 is 0 Å². The highest BCUT2D eigenvalue weighted by molar-refractivity contribution is 9.09. The largest absolute Gasteiger partial charge is 0.377 e. The molecule has 19 heavy (non-hydrogen) atoms. The monoisotopic (exact) mass is 328 g/mol. The van der Waals surface area contributed by atoms with Gasteiger partial charge in [-0.25, -0.2) is 4.39 Å². The quantitative estimate of drug-likeness (QED) is 0.337. The fourth-order valence-corrected chi connectivity index (χ4v) is 2.11. The maximum atomic E-state index is 12.7. The number of alkyl halides is 1. The highest BCUT2D eigenvalue weighted by Gasteiger charge is 1.91. The Labute approximate surface area is 124 Å². The van der Waals surface area contributed by atoms with Crippen LogP contribution >= 0.6 is 15.9 Å². The zero-order valence-corrected chi connectivity index (χ0v) is 12.9. The van der Waals surface area contributed by atoms with E-state index in [2.05, 4.69) is 22.0 Å². The molecule has 0 amide bonds. The maximum Gasteiger partial charge on any atom is 0.123 e. The summed E-state index contributed by atoms with van der Waals surface area (Å²) in [5, 5.41) is 1.10. The van der Waals surface area contributed by atoms with E-state index in [-0.39, 0.29) is 5.82 Å². The first kappa shape index (κ1) is 16.4. The second kappa shape index (κ2) is 11.2. The van der Waals surface area contributed by atoms with Crippen LogP contribution in [0.25, 0.3) is 0 Å². The zero-order valence-electron chi connectivity index (χ0n) is 11.3. The first-order valence-corrected chi connectivity index (χ1v) is 7.98. The number of unbranched alkanes of at least 4 members (excludes halogenated alkanes) is 3. The van der Waals surface area contributed by atoms with Crippen LogP contribution in [0.5, 0.6) is 0 Å². The normalized spacial score (nSPS) is 11.3. The van der Waals surface area contributed by atoms with Crippen molar-refractivity contribution in [2.45, 2.75) is 32.1 Å². The van der Waals surface area contributed by atoms with Crippen molar-refractivity contribution in [2.24, 2.45) is 0 Å². The molecule has 0 saturated heterocycles. The van der Waals surface area contributed by atoms with E-state index in [9.17, 15) is 4.39 Å². The topological polar surface area (TPSA) is 9.23 Å². The van der Waals surface area contributed by atoms with E-state index in [0.29, 0.717) is 6.61 Å². The molecule has 0 N–H and O–H groups in total. The van der Waals surface area contributed by atoms with Crippen LogP contribution in [-0.2, 0) is 11.2 Å². The lowest BCUT2D eigenvalue weighted by Crippen LogP contribution is -1.94. The molecule has 3 heteroatoms. The van der Waals surface area contributed by atoms with Crippen LogP contribution in [0.2, 0.25) is 0 Å². The van der Waals surface area contributed by atoms with Gasteiger partial charge in [0.15, 0.2) is 0 Å². The molecule has 0 aliphatic carbocycles. The van der Waals surface area contributed by atoms with Gasteiger partial charge in [-0.3, -0.25) is 0 Å². The van der Waals surface area contributed by atoms with Crippen molar-refractivity contribution in [3.63, 3.8) is 0 Å². The number of allylic oxidation sites excluding steroid dienone is 1. The summed E-state index contributed by atoms with van der Waals surface area (Å²) in [5.41, 5.74) is 1.12. The minimum Gasteiger partial charge on any atom is -0.377 e. The Morgan fingerprint density at radius 3 is 2.47 bits per heavy atom. The van der Waals surface area contributed by atoms with Gasteiger partial charge < -0.3 is 4.74 Å². The van der Waals surface area contributed by atoms with Crippen molar-refractivity contribution in [1.82, 2.24) is 0 Å². The van der Waals surface area contributed by atoms with E-state index < -0.39 is 0 Å². The SMILES string of the molecule is Fc1ccc(C/C=C/COCCCCCCBr)cc1. The van der Waals surface area contributed by atoms with E-state index in [1.807, 2.05) is 18.2 Å². The third-order valence-electron chi connectivity index (χ3n) is 2.82. The molecule has 106 valence electrons. The van der Waals surface area contributed by atoms with Gasteiger partial charge in [-0.2, -0.15) is 0 Å². The van der Waals surface area contributed by atoms with Gasteiger partial charge in [0.2, 0.25) is 0 Å². The van der Waals surface area contributed by atoms with Crippen LogP contribution < -0.4 is 0 Å². The molecule has 1 nitrogen and oxygen atoms in total. The number of halogens is 2. The number of hydrogen-bond donors (Lipinski definition) is 0. The van der Waals surface area contributed by atoms with Crippen molar-refractivity contribution >= 4 is 15.9 Å². The first-order valence-electron chi connectivity index (χ1n) is 6.86. The summed E-state index contributed by atoms with van der Waals surface area (Å²) in [7, 11) is 0. The zero-order chi connectivity index (χ0) is 13.8. The van der Waals surface area contributed by atoms with E-state index in [4.69, 9.17) is 4.74 Å². The van der Waals surface area contributed by atoms with Crippen molar-refractivity contribution in [1.29, 1.82) is 0 Å². The Morgan fingerprint density at radius 1 is 1.00 bits per heavy atom. The van der Waals surface area contributed by atoms with Crippen LogP contribution in [0.1, 0.15) is 31.2 Å². The van der Waals surface area contributed by atoms with Crippen molar-refractivity contribution < 1.29 is 9.13 Å². The van der Waals surface area contributed by atoms with Gasteiger partial charge in [-0.1, -0.05) is 53.1 Å². The molecular weight excluding hydrogens is 307 g/mol. The molecule has 0 atom stereocenters. The third-order valence-corrected chi connectivity index (χ3v) is 3.38. The fraction of sp³-hybridized carbons (Fsp3) is 0.500. The van der Waals surface area contributed by atoms with Gasteiger partial charge in [0.1, 0.15) is 5.82 Å². The number of ether oxygens (including phenoxy) is 1. The number of benzene rings is 1. The average molecular weight is 329 g/mol. The molecule has 0 unspecified atom stereocenters. The summed E-state index contributed by atoms with van der Waals surface area (Å²) >= 11 is 3.42. The smallest absolute Gasteiger partial charge is 0.123 e. The lowest BCUT2D eigenvalue weighted by molar-refractivity contribution is 0.157. The Kier molecular flexibility index (Phi) is 9.64. The molecule has 0 heterocycles. The summed E-state index contributed by atoms with van der Waals surface area (Å²) in [4.78, 5) is 0. The van der Waals surface area contributed by atoms with Crippen LogP contribution in [0.15, 0.2) is 36.4 Å². The summed E-state index contributed by atoms with van der Waals surface area (Å²) in [6.45, 7) is 1.50. The van der Waals surface area contributed by atoms with E-state index in [1.165, 1.54) is 31.4 Å². The highest BCUT2D eigenvalue weighted by Crippen LogP contribution is 2.04. The van der Waals surface area contributed by atoms with Gasteiger partial charge in [-0.15, -0.1) is 0 Å². The molecule has 0 aliphatic heterocycles. The molecule has 0 saturated carbocycles. The van der Waals surface area contributed by atoms with Crippen molar-refractivity contribution in [3.05, 3.63) is 47.8 Å². The van der Waals surface area contributed by atoms with Crippen molar-refractivity contribution in [3.8, 4) is 0 Å². The van der Waals surface area contributed by atoms with Crippen LogP contribution in [-0.4, -0.2) is 18.5 Å². The number of rotatable bonds is 10. The molecule has 0 spiro atoms. The van der Waals surface area contributed by atoms with Gasteiger partial charge in [0, 0.05) is 11.9 Å². The summed E-state index contributed by atoms with van der Waals surface area (Å²) < 4.78 is 18.2.